The first-order chi connectivity index (χ1) is 10.9. The predicted molar refractivity (Wildman–Crippen MR) is 85.4 cm³/mol. The van der Waals surface area contributed by atoms with Crippen LogP contribution in [0.4, 0.5) is 5.69 Å². The molecule has 1 N–H and O–H groups in total. The number of ether oxygens (including phenoxy) is 1. The maximum atomic E-state index is 12.5. The van der Waals surface area contributed by atoms with Crippen molar-refractivity contribution in [2.24, 2.45) is 7.05 Å². The number of carbonyl (C=O) groups excluding carboxylic acids is 1. The number of nitrogens with one attached hydrogen (secondary N) is 1. The number of aryl methyl sites for hydroxylation is 1. The highest BCUT2D eigenvalue weighted by molar-refractivity contribution is 7.90. The van der Waals surface area contributed by atoms with Crippen molar-refractivity contribution < 1.29 is 17.9 Å². The number of hydrogen-bond acceptors (Lipinski definition) is 5. The Labute approximate surface area is 134 Å². The number of methoxy groups -OCH3 is 1. The van der Waals surface area contributed by atoms with Crippen molar-refractivity contribution in [3.8, 4) is 5.75 Å². The van der Waals surface area contributed by atoms with Crippen LogP contribution in [0.25, 0.3) is 0 Å². The number of benzene rings is 1. The molecule has 23 heavy (non-hydrogen) atoms. The number of amides is 1. The van der Waals surface area contributed by atoms with Gasteiger partial charge in [0.15, 0.2) is 15.5 Å². The van der Waals surface area contributed by atoms with Gasteiger partial charge in [-0.25, -0.2) is 8.42 Å². The molecule has 0 unspecified atom stereocenters. The van der Waals surface area contributed by atoms with Crippen molar-refractivity contribution in [1.29, 1.82) is 0 Å². The average molecular weight is 335 g/mol. The molecule has 0 spiro atoms. The van der Waals surface area contributed by atoms with E-state index in [1.165, 1.54) is 7.11 Å². The molecular weight excluding hydrogens is 318 g/mol. The Balaban J connectivity index is 1.95. The molecule has 122 valence electrons. The van der Waals surface area contributed by atoms with Gasteiger partial charge in [0.1, 0.15) is 5.75 Å². The van der Waals surface area contributed by atoms with Crippen molar-refractivity contribution in [3.63, 3.8) is 0 Å². The molecule has 0 saturated heterocycles. The zero-order chi connectivity index (χ0) is 16.6. The van der Waals surface area contributed by atoms with Gasteiger partial charge in [0.05, 0.1) is 24.3 Å². The summed E-state index contributed by atoms with van der Waals surface area (Å²) in [6.45, 7) is 0. The fraction of sp³-hybridized carbons (Fsp3) is 0.333. The molecule has 0 saturated carbocycles. The fourth-order valence-electron chi connectivity index (χ4n) is 2.72. The zero-order valence-electron chi connectivity index (χ0n) is 12.9. The molecule has 1 aliphatic rings. The van der Waals surface area contributed by atoms with Gasteiger partial charge in [0.25, 0.3) is 5.91 Å². The molecule has 0 atom stereocenters. The van der Waals surface area contributed by atoms with Crippen LogP contribution in [0.5, 0.6) is 5.75 Å². The molecule has 1 aromatic heterocycles. The molecule has 7 nitrogen and oxygen atoms in total. The third kappa shape index (κ3) is 2.94. The molecule has 0 fully saturated rings. The third-order valence-electron chi connectivity index (χ3n) is 3.86. The maximum Gasteiger partial charge on any atom is 0.276 e. The van der Waals surface area contributed by atoms with Crippen LogP contribution in [0.1, 0.15) is 21.7 Å². The second-order valence-corrected chi connectivity index (χ2v) is 7.58. The summed E-state index contributed by atoms with van der Waals surface area (Å²) in [5, 5.41) is 6.94. The summed E-state index contributed by atoms with van der Waals surface area (Å²) in [5.41, 5.74) is 1.95. The Hall–Kier alpha value is -2.35. The molecule has 1 aromatic carbocycles. The first-order valence-corrected chi connectivity index (χ1v) is 8.93. The van der Waals surface area contributed by atoms with Gasteiger partial charge in [-0.3, -0.25) is 9.48 Å². The predicted octanol–water partition coefficient (Wildman–Crippen LogP) is 1.15. The first-order valence-electron chi connectivity index (χ1n) is 7.11. The lowest BCUT2D eigenvalue weighted by molar-refractivity contribution is 0.102. The largest absolute Gasteiger partial charge is 0.495 e. The number of fused-ring (bicyclic) bond motifs is 1. The minimum absolute atomic E-state index is 0.0904. The summed E-state index contributed by atoms with van der Waals surface area (Å²) >= 11 is 0. The first kappa shape index (κ1) is 15.5. The molecule has 2 aromatic rings. The summed E-state index contributed by atoms with van der Waals surface area (Å²) in [6, 6.07) is 7.01. The van der Waals surface area contributed by atoms with Crippen molar-refractivity contribution in [3.05, 3.63) is 41.2 Å². The lowest BCUT2D eigenvalue weighted by atomic mass is 10.1. The Morgan fingerprint density at radius 3 is 2.83 bits per heavy atom. The maximum absolute atomic E-state index is 12.5. The lowest BCUT2D eigenvalue weighted by Crippen LogP contribution is -2.22. The summed E-state index contributed by atoms with van der Waals surface area (Å²) in [5.74, 6) is 0.0273. The van der Waals surface area contributed by atoms with Crippen molar-refractivity contribution in [2.45, 2.75) is 12.2 Å². The van der Waals surface area contributed by atoms with E-state index in [0.29, 0.717) is 23.4 Å². The monoisotopic (exact) mass is 335 g/mol. The molecule has 1 amide bonds. The number of rotatable bonds is 3. The van der Waals surface area contributed by atoms with Crippen LogP contribution in [0.15, 0.2) is 24.3 Å². The number of para-hydroxylation sites is 2. The van der Waals surface area contributed by atoms with Crippen molar-refractivity contribution in [2.75, 3.05) is 18.2 Å². The molecular formula is C15H17N3O4S. The molecule has 0 bridgehead atoms. The highest BCUT2D eigenvalue weighted by atomic mass is 32.2. The summed E-state index contributed by atoms with van der Waals surface area (Å²) in [7, 11) is 0.0504. The topological polar surface area (TPSA) is 90.3 Å². The number of nitrogens with zero attached hydrogens (tertiary/aromatic N) is 2. The number of anilines is 1. The third-order valence-corrected chi connectivity index (χ3v) is 5.41. The Kier molecular flexibility index (Phi) is 3.85. The van der Waals surface area contributed by atoms with Crippen LogP contribution in [0, 0.1) is 0 Å². The van der Waals surface area contributed by atoms with Crippen LogP contribution >= 0.6 is 0 Å². The summed E-state index contributed by atoms with van der Waals surface area (Å²) in [4.78, 5) is 12.5. The van der Waals surface area contributed by atoms with Gasteiger partial charge < -0.3 is 10.1 Å². The van der Waals surface area contributed by atoms with Gasteiger partial charge in [0, 0.05) is 24.7 Å². The van der Waals surface area contributed by atoms with E-state index in [4.69, 9.17) is 4.74 Å². The Bertz CT molecular complexity index is 871. The second kappa shape index (κ2) is 5.69. The highest BCUT2D eigenvalue weighted by Gasteiger charge is 2.30. The molecule has 2 heterocycles. The Morgan fingerprint density at radius 2 is 2.09 bits per heavy atom. The van der Waals surface area contributed by atoms with Crippen molar-refractivity contribution in [1.82, 2.24) is 9.78 Å². The minimum Gasteiger partial charge on any atom is -0.495 e. The van der Waals surface area contributed by atoms with Gasteiger partial charge in [-0.1, -0.05) is 12.1 Å². The number of hydrogen-bond donors (Lipinski definition) is 1. The minimum atomic E-state index is -3.18. The van der Waals surface area contributed by atoms with E-state index in [9.17, 15) is 13.2 Å². The van der Waals surface area contributed by atoms with Gasteiger partial charge in [0.2, 0.25) is 0 Å². The van der Waals surface area contributed by atoms with Gasteiger partial charge in [-0.15, -0.1) is 0 Å². The van der Waals surface area contributed by atoms with Crippen LogP contribution in [-0.4, -0.2) is 37.0 Å². The van der Waals surface area contributed by atoms with Gasteiger partial charge in [-0.05, 0) is 12.1 Å². The highest BCUT2D eigenvalue weighted by Crippen LogP contribution is 2.27. The zero-order valence-corrected chi connectivity index (χ0v) is 13.7. The van der Waals surface area contributed by atoms with E-state index < -0.39 is 15.7 Å². The SMILES string of the molecule is COc1ccccc1NC(=O)c1nn(C)c2c1CS(=O)(=O)CC2. The number of sulfone groups is 1. The van der Waals surface area contributed by atoms with E-state index in [2.05, 4.69) is 10.4 Å². The summed E-state index contributed by atoms with van der Waals surface area (Å²) in [6.07, 6.45) is 0.378. The quantitative estimate of drug-likeness (QED) is 0.909. The Morgan fingerprint density at radius 1 is 1.35 bits per heavy atom. The molecule has 1 aliphatic heterocycles. The summed E-state index contributed by atoms with van der Waals surface area (Å²) < 4.78 is 30.5. The molecule has 0 radical (unpaired) electrons. The van der Waals surface area contributed by atoms with Crippen molar-refractivity contribution >= 4 is 21.4 Å². The standard InChI is InChI=1S/C15H17N3O4S/c1-18-12-7-8-23(20,21)9-10(12)14(17-18)15(19)16-11-5-3-4-6-13(11)22-2/h3-6H,7-9H2,1-2H3,(H,16,19). The molecule has 3 rings (SSSR count). The van der Waals surface area contributed by atoms with Gasteiger partial charge >= 0.3 is 0 Å². The normalized spacial score (nSPS) is 15.7. The van der Waals surface area contributed by atoms with E-state index in [-0.39, 0.29) is 17.2 Å². The lowest BCUT2D eigenvalue weighted by Gasteiger charge is -2.14. The van der Waals surface area contributed by atoms with Crippen LogP contribution in [0.3, 0.4) is 0 Å². The van der Waals surface area contributed by atoms with E-state index in [0.717, 1.165) is 5.69 Å². The van der Waals surface area contributed by atoms with Crippen LogP contribution < -0.4 is 10.1 Å². The van der Waals surface area contributed by atoms with E-state index in [1.807, 2.05) is 0 Å². The second-order valence-electron chi connectivity index (χ2n) is 5.39. The smallest absolute Gasteiger partial charge is 0.276 e. The van der Waals surface area contributed by atoms with E-state index in [1.54, 1.807) is 36.0 Å². The number of aromatic nitrogens is 2. The molecule has 8 heteroatoms. The molecule has 0 aliphatic carbocycles. The van der Waals surface area contributed by atoms with Crippen LogP contribution in [-0.2, 0) is 29.1 Å². The van der Waals surface area contributed by atoms with Crippen LogP contribution in [0.2, 0.25) is 0 Å². The van der Waals surface area contributed by atoms with Gasteiger partial charge in [-0.2, -0.15) is 5.10 Å². The van der Waals surface area contributed by atoms with E-state index >= 15 is 0 Å². The number of carbonyl (C=O) groups is 1. The average Bonchev–Trinajstić information content (AvgIpc) is 2.83. The fourth-order valence-corrected chi connectivity index (χ4v) is 4.12.